The fraction of sp³-hybridized carbons (Fsp3) is 0.700. The number of hydrogen-bond donors (Lipinski definition) is 2. The van der Waals surface area contributed by atoms with Crippen molar-refractivity contribution in [3.8, 4) is 0 Å². The summed E-state index contributed by atoms with van der Waals surface area (Å²) >= 11 is 0. The maximum absolute atomic E-state index is 12.5. The van der Waals surface area contributed by atoms with Gasteiger partial charge in [0.1, 0.15) is 0 Å². The van der Waals surface area contributed by atoms with Gasteiger partial charge in [0.25, 0.3) is 0 Å². The topological polar surface area (TPSA) is 95.0 Å². The van der Waals surface area contributed by atoms with Crippen molar-refractivity contribution in [2.75, 3.05) is 64.4 Å². The van der Waals surface area contributed by atoms with E-state index >= 15 is 0 Å². The van der Waals surface area contributed by atoms with Crippen LogP contribution < -0.4 is 15.5 Å². The molecule has 2 heterocycles. The normalized spacial score (nSPS) is 15.0. The molecule has 29 heavy (non-hydrogen) atoms. The molecule has 0 aromatic carbocycles. The van der Waals surface area contributed by atoms with Gasteiger partial charge in [-0.25, -0.2) is 9.97 Å². The fourth-order valence-corrected chi connectivity index (χ4v) is 2.98. The van der Waals surface area contributed by atoms with Crippen LogP contribution in [-0.4, -0.2) is 86.3 Å². The molecule has 1 aromatic heterocycles. The quantitative estimate of drug-likeness (QED) is 0.337. The number of amides is 1. The Bertz CT molecular complexity index is 617. The van der Waals surface area contributed by atoms with Gasteiger partial charge in [0.2, 0.25) is 11.9 Å². The van der Waals surface area contributed by atoms with Crippen molar-refractivity contribution in [2.24, 2.45) is 10.9 Å². The summed E-state index contributed by atoms with van der Waals surface area (Å²) in [5, 5.41) is 6.45. The van der Waals surface area contributed by atoms with Crippen LogP contribution in [0, 0.1) is 5.92 Å². The highest BCUT2D eigenvalue weighted by atomic mass is 16.5. The van der Waals surface area contributed by atoms with Crippen molar-refractivity contribution in [3.63, 3.8) is 0 Å². The van der Waals surface area contributed by atoms with Gasteiger partial charge in [0.05, 0.1) is 0 Å². The molecule has 2 N–H and O–H groups in total. The highest BCUT2D eigenvalue weighted by Crippen LogP contribution is 2.10. The maximum Gasteiger partial charge on any atom is 0.225 e. The molecule has 1 amide bonds. The summed E-state index contributed by atoms with van der Waals surface area (Å²) in [6, 6.07) is 1.81. The molecule has 0 aliphatic carbocycles. The molecule has 0 atom stereocenters. The first-order valence-corrected chi connectivity index (χ1v) is 10.4. The highest BCUT2D eigenvalue weighted by molar-refractivity contribution is 5.81. The number of aromatic nitrogens is 2. The van der Waals surface area contributed by atoms with Crippen LogP contribution in [0.25, 0.3) is 0 Å². The first-order valence-electron chi connectivity index (χ1n) is 10.4. The van der Waals surface area contributed by atoms with Crippen LogP contribution in [0.5, 0.6) is 0 Å². The molecule has 162 valence electrons. The Morgan fingerprint density at radius 3 is 2.52 bits per heavy atom. The zero-order valence-electron chi connectivity index (χ0n) is 17.9. The van der Waals surface area contributed by atoms with E-state index in [1.165, 1.54) is 0 Å². The summed E-state index contributed by atoms with van der Waals surface area (Å²) in [7, 11) is 1.73. The van der Waals surface area contributed by atoms with E-state index in [4.69, 9.17) is 4.74 Å². The van der Waals surface area contributed by atoms with Gasteiger partial charge in [-0.15, -0.1) is 0 Å². The molecule has 1 fully saturated rings. The number of carbonyl (C=O) groups excluding carboxylic acids is 1. The monoisotopic (exact) mass is 405 g/mol. The minimum Gasteiger partial charge on any atom is -0.381 e. The van der Waals surface area contributed by atoms with Crippen LogP contribution in [0.1, 0.15) is 26.7 Å². The zero-order chi connectivity index (χ0) is 20.9. The van der Waals surface area contributed by atoms with E-state index in [1.54, 1.807) is 25.5 Å². The number of nitrogens with one attached hydrogen (secondary N) is 2. The van der Waals surface area contributed by atoms with Gasteiger partial charge >= 0.3 is 0 Å². The second kappa shape index (κ2) is 12.9. The summed E-state index contributed by atoms with van der Waals surface area (Å²) in [5.74, 6) is 2.16. The van der Waals surface area contributed by atoms with Crippen LogP contribution in [0.2, 0.25) is 0 Å². The predicted octanol–water partition coefficient (Wildman–Crippen LogP) is 0.743. The average molecular weight is 406 g/mol. The van der Waals surface area contributed by atoms with Crippen LogP contribution in [0.4, 0.5) is 5.95 Å². The van der Waals surface area contributed by atoms with Crippen LogP contribution in [0.3, 0.4) is 0 Å². The lowest BCUT2D eigenvalue weighted by Gasteiger charge is -2.34. The van der Waals surface area contributed by atoms with E-state index in [2.05, 4.69) is 44.3 Å². The van der Waals surface area contributed by atoms with E-state index in [1.807, 2.05) is 4.90 Å². The van der Waals surface area contributed by atoms with Crippen molar-refractivity contribution >= 4 is 17.8 Å². The summed E-state index contributed by atoms with van der Waals surface area (Å²) in [6.45, 7) is 10.1. The molecule has 0 spiro atoms. The molecule has 0 unspecified atom stereocenters. The number of anilines is 1. The summed E-state index contributed by atoms with van der Waals surface area (Å²) in [4.78, 5) is 29.2. The molecule has 1 saturated heterocycles. The third-order valence-electron chi connectivity index (χ3n) is 4.53. The van der Waals surface area contributed by atoms with Gasteiger partial charge in [0, 0.05) is 78.3 Å². The molecule has 2 rings (SSSR count). The lowest BCUT2D eigenvalue weighted by molar-refractivity contribution is -0.131. The first-order chi connectivity index (χ1) is 14.1. The third-order valence-corrected chi connectivity index (χ3v) is 4.53. The lowest BCUT2D eigenvalue weighted by Crippen LogP contribution is -2.50. The van der Waals surface area contributed by atoms with Gasteiger partial charge in [-0.1, -0.05) is 13.8 Å². The smallest absolute Gasteiger partial charge is 0.225 e. The van der Waals surface area contributed by atoms with E-state index in [0.717, 1.165) is 45.2 Å². The Kier molecular flexibility index (Phi) is 10.2. The minimum absolute atomic E-state index is 0.156. The maximum atomic E-state index is 12.5. The Hall–Kier alpha value is -2.42. The Balaban J connectivity index is 1.57. The second-order valence-electron chi connectivity index (χ2n) is 7.41. The van der Waals surface area contributed by atoms with E-state index in [0.29, 0.717) is 37.9 Å². The number of carbonyl (C=O) groups is 1. The van der Waals surface area contributed by atoms with Gasteiger partial charge < -0.3 is 25.2 Å². The number of aliphatic imine (C=N–C) groups is 1. The largest absolute Gasteiger partial charge is 0.381 e. The predicted molar refractivity (Wildman–Crippen MR) is 115 cm³/mol. The second-order valence-corrected chi connectivity index (χ2v) is 7.41. The van der Waals surface area contributed by atoms with Crippen molar-refractivity contribution in [1.29, 1.82) is 0 Å². The number of rotatable bonds is 10. The van der Waals surface area contributed by atoms with E-state index in [-0.39, 0.29) is 5.91 Å². The molecule has 9 heteroatoms. The zero-order valence-corrected chi connectivity index (χ0v) is 17.9. The van der Waals surface area contributed by atoms with Crippen LogP contribution >= 0.6 is 0 Å². The summed E-state index contributed by atoms with van der Waals surface area (Å²) in [5.41, 5.74) is 0. The van der Waals surface area contributed by atoms with Gasteiger partial charge in [0.15, 0.2) is 5.96 Å². The van der Waals surface area contributed by atoms with Gasteiger partial charge in [-0.2, -0.15) is 0 Å². The fourth-order valence-electron chi connectivity index (χ4n) is 2.98. The molecular formula is C20H35N7O2. The Morgan fingerprint density at radius 1 is 1.17 bits per heavy atom. The lowest BCUT2D eigenvalue weighted by atomic mass is 10.2. The Labute approximate surface area is 173 Å². The van der Waals surface area contributed by atoms with Crippen molar-refractivity contribution in [3.05, 3.63) is 18.5 Å². The number of piperazine rings is 1. The van der Waals surface area contributed by atoms with E-state index in [9.17, 15) is 4.79 Å². The van der Waals surface area contributed by atoms with Crippen molar-refractivity contribution < 1.29 is 9.53 Å². The summed E-state index contributed by atoms with van der Waals surface area (Å²) < 4.78 is 5.56. The molecule has 1 aliphatic rings. The molecule has 1 aliphatic heterocycles. The molecule has 9 nitrogen and oxygen atoms in total. The molecule has 0 saturated carbocycles. The Morgan fingerprint density at radius 2 is 1.86 bits per heavy atom. The van der Waals surface area contributed by atoms with E-state index < -0.39 is 0 Å². The third kappa shape index (κ3) is 8.64. The number of nitrogens with zero attached hydrogens (tertiary/aromatic N) is 5. The van der Waals surface area contributed by atoms with Crippen molar-refractivity contribution in [2.45, 2.75) is 26.7 Å². The number of hydrogen-bond acceptors (Lipinski definition) is 6. The molecule has 0 radical (unpaired) electrons. The van der Waals surface area contributed by atoms with Crippen LogP contribution in [-0.2, 0) is 9.53 Å². The molecule has 1 aromatic rings. The van der Waals surface area contributed by atoms with Gasteiger partial charge in [-0.05, 0) is 18.4 Å². The molecule has 0 bridgehead atoms. The average Bonchev–Trinajstić information content (AvgIpc) is 2.75. The SMILES string of the molecule is CN=C(NCCCOCC(C)C)NCCC(=O)N1CCN(c2ncccn2)CC1. The highest BCUT2D eigenvalue weighted by Gasteiger charge is 2.22. The van der Waals surface area contributed by atoms with Crippen LogP contribution in [0.15, 0.2) is 23.5 Å². The first kappa shape index (κ1) is 22.9. The minimum atomic E-state index is 0.156. The standard InChI is InChI=1S/C20H35N7O2/c1-17(2)16-29-15-5-9-22-19(21-3)23-10-6-18(28)26-11-13-27(14-12-26)20-24-7-4-8-25-20/h4,7-8,17H,5-6,9-16H2,1-3H3,(H2,21,22,23). The number of ether oxygens (including phenoxy) is 1. The van der Waals surface area contributed by atoms with Crippen molar-refractivity contribution in [1.82, 2.24) is 25.5 Å². The van der Waals surface area contributed by atoms with Gasteiger partial charge in [-0.3, -0.25) is 9.79 Å². The number of guanidine groups is 1. The summed E-state index contributed by atoms with van der Waals surface area (Å²) in [6.07, 6.45) is 4.85. The molecular weight excluding hydrogens is 370 g/mol.